The minimum absolute atomic E-state index is 0.0451. The maximum Gasteiger partial charge on any atom is 0.274 e. The van der Waals surface area contributed by atoms with E-state index in [1.807, 2.05) is 29.0 Å². The summed E-state index contributed by atoms with van der Waals surface area (Å²) in [4.78, 5) is 21.2. The molecule has 0 radical (unpaired) electrons. The van der Waals surface area contributed by atoms with Crippen LogP contribution in [0.2, 0.25) is 5.02 Å². The van der Waals surface area contributed by atoms with Gasteiger partial charge in [-0.25, -0.2) is 9.97 Å². The predicted octanol–water partition coefficient (Wildman–Crippen LogP) is 3.55. The van der Waals surface area contributed by atoms with Crippen molar-refractivity contribution in [3.05, 3.63) is 76.0 Å². The fraction of sp³-hybridized carbons (Fsp3) is 0.0476. The van der Waals surface area contributed by atoms with E-state index in [0.29, 0.717) is 28.0 Å². The Kier molecular flexibility index (Phi) is 5.55. The second-order valence-electron chi connectivity index (χ2n) is 6.92. The van der Waals surface area contributed by atoms with Gasteiger partial charge in [-0.05, 0) is 41.8 Å². The van der Waals surface area contributed by atoms with Gasteiger partial charge in [0.2, 0.25) is 0 Å². The molecule has 0 aliphatic rings. The molecule has 5 aromatic rings. The molecule has 0 bridgehead atoms. The van der Waals surface area contributed by atoms with Crippen LogP contribution in [0.5, 0.6) is 0 Å². The lowest BCUT2D eigenvalue weighted by Crippen LogP contribution is -2.26. The summed E-state index contributed by atoms with van der Waals surface area (Å²) in [6, 6.07) is 12.7. The van der Waals surface area contributed by atoms with E-state index < -0.39 is 5.91 Å². The van der Waals surface area contributed by atoms with Crippen molar-refractivity contribution in [3.63, 3.8) is 0 Å². The fourth-order valence-corrected chi connectivity index (χ4v) is 3.92. The molecular formula is C21H16ClN9OS. The maximum absolute atomic E-state index is 12.8. The molecule has 0 aliphatic heterocycles. The van der Waals surface area contributed by atoms with E-state index in [1.165, 1.54) is 11.3 Å². The number of rotatable bonds is 6. The van der Waals surface area contributed by atoms with Crippen LogP contribution in [-0.4, -0.2) is 35.7 Å². The highest BCUT2D eigenvalue weighted by molar-refractivity contribution is 7.08. The van der Waals surface area contributed by atoms with E-state index >= 15 is 0 Å². The van der Waals surface area contributed by atoms with E-state index in [4.69, 9.17) is 17.3 Å². The molecule has 0 unspecified atom stereocenters. The highest BCUT2D eigenvalue weighted by atomic mass is 35.5. The summed E-state index contributed by atoms with van der Waals surface area (Å²) < 4.78 is 1.55. The number of carbonyl (C=O) groups excluding carboxylic acids is 1. The number of hydrogen-bond acceptors (Lipinski definition) is 9. The van der Waals surface area contributed by atoms with Gasteiger partial charge in [0.15, 0.2) is 28.8 Å². The second-order valence-corrected chi connectivity index (χ2v) is 8.14. The first kappa shape index (κ1) is 20.8. The van der Waals surface area contributed by atoms with Crippen LogP contribution in [0.3, 0.4) is 0 Å². The maximum atomic E-state index is 12.8. The van der Waals surface area contributed by atoms with Gasteiger partial charge in [0, 0.05) is 21.7 Å². The van der Waals surface area contributed by atoms with Gasteiger partial charge in [-0.3, -0.25) is 4.79 Å². The molecule has 4 heterocycles. The number of thiophene rings is 1. The molecule has 1 amide bonds. The van der Waals surface area contributed by atoms with E-state index in [-0.39, 0.29) is 18.1 Å². The van der Waals surface area contributed by atoms with Crippen LogP contribution >= 0.6 is 22.9 Å². The largest absolute Gasteiger partial charge is 0.382 e. The summed E-state index contributed by atoms with van der Waals surface area (Å²) in [6.45, 7) is 0.0669. The molecule has 0 aliphatic carbocycles. The molecule has 0 spiro atoms. The number of nitrogen functional groups attached to an aromatic ring is 1. The van der Waals surface area contributed by atoms with Gasteiger partial charge in [-0.2, -0.15) is 15.9 Å². The Labute approximate surface area is 196 Å². The van der Waals surface area contributed by atoms with Crippen molar-refractivity contribution in [1.82, 2.24) is 35.1 Å². The summed E-state index contributed by atoms with van der Waals surface area (Å²) in [6.07, 6.45) is 1.54. The van der Waals surface area contributed by atoms with Gasteiger partial charge in [0.1, 0.15) is 0 Å². The number of anilines is 3. The van der Waals surface area contributed by atoms with Crippen molar-refractivity contribution in [1.29, 1.82) is 0 Å². The zero-order chi connectivity index (χ0) is 22.8. The summed E-state index contributed by atoms with van der Waals surface area (Å²) in [5.41, 5.74) is 8.70. The number of hydrogen-bond donors (Lipinski definition) is 3. The summed E-state index contributed by atoms with van der Waals surface area (Å²) in [5.74, 6) is 0.579. The van der Waals surface area contributed by atoms with Crippen LogP contribution in [0.4, 0.5) is 17.3 Å². The number of aromatic nitrogens is 6. The second kappa shape index (κ2) is 8.81. The number of nitrogens with zero attached hydrogens (tertiary/aromatic N) is 6. The smallest absolute Gasteiger partial charge is 0.274 e. The number of carbonyl (C=O) groups is 1. The molecule has 0 atom stereocenters. The van der Waals surface area contributed by atoms with Crippen molar-refractivity contribution in [3.8, 4) is 11.3 Å². The number of halogens is 1. The first-order valence-electron chi connectivity index (χ1n) is 9.74. The lowest BCUT2D eigenvalue weighted by Gasteiger charge is -2.08. The monoisotopic (exact) mass is 477 g/mol. The van der Waals surface area contributed by atoms with Crippen molar-refractivity contribution in [2.75, 3.05) is 11.1 Å². The first-order valence-corrected chi connectivity index (χ1v) is 11.1. The first-order chi connectivity index (χ1) is 16.1. The molecule has 10 nitrogen and oxygen atoms in total. The highest BCUT2D eigenvalue weighted by Gasteiger charge is 2.16. The van der Waals surface area contributed by atoms with E-state index in [0.717, 1.165) is 11.3 Å². The molecule has 4 N–H and O–H groups in total. The molecule has 4 aromatic heterocycles. The average molecular weight is 478 g/mol. The Morgan fingerprint density at radius 3 is 2.91 bits per heavy atom. The van der Waals surface area contributed by atoms with Crippen molar-refractivity contribution in [2.24, 2.45) is 0 Å². The number of fused-ring (bicyclic) bond motifs is 1. The summed E-state index contributed by atoms with van der Waals surface area (Å²) >= 11 is 7.57. The lowest BCUT2D eigenvalue weighted by molar-refractivity contribution is 0.0945. The number of amides is 1. The van der Waals surface area contributed by atoms with Gasteiger partial charge in [0.05, 0.1) is 18.4 Å². The molecule has 5 rings (SSSR count). The van der Waals surface area contributed by atoms with Gasteiger partial charge in [-0.15, -0.1) is 15.3 Å². The Morgan fingerprint density at radius 1 is 1.18 bits per heavy atom. The standard InChI is InChI=1S/C21H16ClN9OS/c22-13-2-1-3-14(8-13)26-16-4-5-17-28-29-18(31(17)30-16)10-25-21(32)19-20(23)24-9-15(27-19)12-6-7-33-11-12/h1-9,11H,10H2,(H2,23,24)(H,25,32)(H,26,30). The molecule has 1 aromatic carbocycles. The Hall–Kier alpha value is -4.09. The topological polar surface area (TPSA) is 136 Å². The summed E-state index contributed by atoms with van der Waals surface area (Å²) in [5, 5.41) is 23.1. The third-order valence-electron chi connectivity index (χ3n) is 4.66. The van der Waals surface area contributed by atoms with Crippen molar-refractivity contribution in [2.45, 2.75) is 6.54 Å². The SMILES string of the molecule is Nc1ncc(-c2ccsc2)nc1C(=O)NCc1nnc2ccc(Nc3cccc(Cl)c3)nn12. The minimum atomic E-state index is -0.470. The molecule has 0 saturated carbocycles. The van der Waals surface area contributed by atoms with Crippen LogP contribution in [0, 0.1) is 0 Å². The van der Waals surface area contributed by atoms with Gasteiger partial charge < -0.3 is 16.4 Å². The van der Waals surface area contributed by atoms with Crippen LogP contribution < -0.4 is 16.4 Å². The average Bonchev–Trinajstić information content (AvgIpc) is 3.48. The summed E-state index contributed by atoms with van der Waals surface area (Å²) in [7, 11) is 0. The van der Waals surface area contributed by atoms with Gasteiger partial charge in [-0.1, -0.05) is 17.7 Å². The van der Waals surface area contributed by atoms with E-state index in [9.17, 15) is 4.79 Å². The quantitative estimate of drug-likeness (QED) is 0.337. The Balaban J connectivity index is 1.34. The number of nitrogens with two attached hydrogens (primary N) is 1. The van der Waals surface area contributed by atoms with Crippen LogP contribution in [0.25, 0.3) is 16.9 Å². The molecule has 12 heteroatoms. The van der Waals surface area contributed by atoms with Crippen LogP contribution in [0.1, 0.15) is 16.3 Å². The normalized spacial score (nSPS) is 10.9. The van der Waals surface area contributed by atoms with E-state index in [1.54, 1.807) is 35.0 Å². The van der Waals surface area contributed by atoms with Gasteiger partial charge >= 0.3 is 0 Å². The van der Waals surface area contributed by atoms with Crippen LogP contribution in [0.15, 0.2) is 59.4 Å². The zero-order valence-corrected chi connectivity index (χ0v) is 18.5. The van der Waals surface area contributed by atoms with E-state index in [2.05, 4.69) is 35.9 Å². The zero-order valence-electron chi connectivity index (χ0n) is 16.9. The van der Waals surface area contributed by atoms with Crippen molar-refractivity contribution >= 4 is 51.8 Å². The third-order valence-corrected chi connectivity index (χ3v) is 5.58. The van der Waals surface area contributed by atoms with Crippen LogP contribution in [-0.2, 0) is 6.54 Å². The van der Waals surface area contributed by atoms with Crippen molar-refractivity contribution < 1.29 is 4.79 Å². The minimum Gasteiger partial charge on any atom is -0.382 e. The Morgan fingerprint density at radius 2 is 2.09 bits per heavy atom. The molecule has 0 saturated heterocycles. The molecule has 33 heavy (non-hydrogen) atoms. The Bertz CT molecular complexity index is 1450. The third kappa shape index (κ3) is 4.45. The number of benzene rings is 1. The highest BCUT2D eigenvalue weighted by Crippen LogP contribution is 2.21. The predicted molar refractivity (Wildman–Crippen MR) is 126 cm³/mol. The fourth-order valence-electron chi connectivity index (χ4n) is 3.08. The van der Waals surface area contributed by atoms with Gasteiger partial charge in [0.25, 0.3) is 5.91 Å². The molecule has 164 valence electrons. The number of nitrogens with one attached hydrogen (secondary N) is 2. The lowest BCUT2D eigenvalue weighted by atomic mass is 10.2. The molecule has 0 fully saturated rings. The molecular weight excluding hydrogens is 462 g/mol.